The Bertz CT molecular complexity index is 907. The van der Waals surface area contributed by atoms with Gasteiger partial charge in [0.2, 0.25) is 11.8 Å². The minimum atomic E-state index is -0.184. The van der Waals surface area contributed by atoms with Crippen molar-refractivity contribution in [3.63, 3.8) is 0 Å². The summed E-state index contributed by atoms with van der Waals surface area (Å²) in [6.45, 7) is 0. The normalized spacial score (nSPS) is 28.7. The van der Waals surface area contributed by atoms with E-state index in [0.717, 1.165) is 6.42 Å². The predicted octanol–water partition coefficient (Wildman–Crippen LogP) is 4.44. The van der Waals surface area contributed by atoms with Gasteiger partial charge >= 0.3 is 0 Å². The van der Waals surface area contributed by atoms with Crippen molar-refractivity contribution in [2.24, 2.45) is 23.7 Å². The van der Waals surface area contributed by atoms with Crippen molar-refractivity contribution in [3.8, 4) is 11.5 Å². The molecule has 2 aliphatic carbocycles. The van der Waals surface area contributed by atoms with Crippen LogP contribution in [0.5, 0.6) is 11.5 Å². The van der Waals surface area contributed by atoms with Gasteiger partial charge in [0.25, 0.3) is 0 Å². The third-order valence-electron chi connectivity index (χ3n) is 5.63. The monoisotopic (exact) mass is 365 g/mol. The van der Waals surface area contributed by atoms with Crippen LogP contribution in [-0.2, 0) is 9.59 Å². The number of halogens is 1. The molecule has 0 spiro atoms. The minimum absolute atomic E-state index is 0.0726. The van der Waals surface area contributed by atoms with Gasteiger partial charge in [-0.2, -0.15) is 0 Å². The van der Waals surface area contributed by atoms with Crippen LogP contribution in [0.1, 0.15) is 6.42 Å². The lowest BCUT2D eigenvalue weighted by molar-refractivity contribution is -0.123. The van der Waals surface area contributed by atoms with E-state index in [9.17, 15) is 9.59 Å². The molecule has 2 bridgehead atoms. The second-order valence-electron chi connectivity index (χ2n) is 7.04. The number of carbonyl (C=O) groups is 2. The molecule has 3 aliphatic rings. The lowest BCUT2D eigenvalue weighted by Gasteiger charge is -2.17. The highest BCUT2D eigenvalue weighted by Gasteiger charge is 2.59. The summed E-state index contributed by atoms with van der Waals surface area (Å²) in [5.74, 6) is 1.08. The van der Waals surface area contributed by atoms with Gasteiger partial charge in [-0.25, -0.2) is 0 Å². The van der Waals surface area contributed by atoms with E-state index in [2.05, 4.69) is 12.2 Å². The molecule has 26 heavy (non-hydrogen) atoms. The number of anilines is 1. The lowest BCUT2D eigenvalue weighted by Crippen LogP contribution is -2.32. The molecule has 4 nitrogen and oxygen atoms in total. The van der Waals surface area contributed by atoms with Gasteiger partial charge in [-0.3, -0.25) is 14.5 Å². The molecule has 4 atom stereocenters. The average Bonchev–Trinajstić information content (AvgIpc) is 3.32. The first kappa shape index (κ1) is 15.6. The van der Waals surface area contributed by atoms with E-state index >= 15 is 0 Å². The maximum absolute atomic E-state index is 12.8. The van der Waals surface area contributed by atoms with E-state index in [4.69, 9.17) is 16.3 Å². The Morgan fingerprint density at radius 2 is 1.50 bits per heavy atom. The number of allylic oxidation sites excluding steroid dienone is 2. The quantitative estimate of drug-likeness (QED) is 0.596. The summed E-state index contributed by atoms with van der Waals surface area (Å²) < 4.78 is 5.77. The summed E-state index contributed by atoms with van der Waals surface area (Å²) in [5.41, 5.74) is 0.598. The summed E-state index contributed by atoms with van der Waals surface area (Å²) in [6, 6.07) is 14.2. The predicted molar refractivity (Wildman–Crippen MR) is 98.2 cm³/mol. The standard InChI is InChI=1S/C21H16ClNO3/c22-16-3-1-2-4-17(16)26-15-9-7-14(8-10-15)23-20(24)18-12-5-6-13(11-12)19(18)21(23)25/h1-10,12-13,18-19H,11H2/t12-,13+,18+,19-. The molecule has 0 aromatic heterocycles. The fourth-order valence-electron chi connectivity index (χ4n) is 4.47. The SMILES string of the molecule is O=C1[C@@H]2[C@H](C(=O)N1c1ccc(Oc3ccccc3Cl)cc1)[C@H]1C=C[C@@H]2C1. The molecule has 2 fully saturated rings. The Balaban J connectivity index is 1.39. The van der Waals surface area contributed by atoms with E-state index in [1.807, 2.05) is 12.1 Å². The van der Waals surface area contributed by atoms with Gasteiger partial charge in [0.1, 0.15) is 11.5 Å². The van der Waals surface area contributed by atoms with Crippen molar-refractivity contribution in [2.75, 3.05) is 4.90 Å². The molecular weight excluding hydrogens is 350 g/mol. The molecule has 0 N–H and O–H groups in total. The number of ether oxygens (including phenoxy) is 1. The molecule has 2 aromatic carbocycles. The zero-order chi connectivity index (χ0) is 17.8. The number of amides is 2. The van der Waals surface area contributed by atoms with E-state index in [1.165, 1.54) is 4.90 Å². The molecular formula is C21H16ClNO3. The highest BCUT2D eigenvalue weighted by molar-refractivity contribution is 6.32. The number of carbonyl (C=O) groups excluding carboxylic acids is 2. The number of rotatable bonds is 3. The van der Waals surface area contributed by atoms with Gasteiger partial charge in [0, 0.05) is 0 Å². The largest absolute Gasteiger partial charge is 0.456 e. The van der Waals surface area contributed by atoms with Gasteiger partial charge in [-0.15, -0.1) is 0 Å². The van der Waals surface area contributed by atoms with Crippen molar-refractivity contribution < 1.29 is 14.3 Å². The fourth-order valence-corrected chi connectivity index (χ4v) is 4.65. The first-order valence-corrected chi connectivity index (χ1v) is 9.10. The Hall–Kier alpha value is -2.59. The van der Waals surface area contributed by atoms with Crippen LogP contribution in [0.2, 0.25) is 5.02 Å². The highest BCUT2D eigenvalue weighted by atomic mass is 35.5. The molecule has 1 heterocycles. The molecule has 0 unspecified atom stereocenters. The van der Waals surface area contributed by atoms with Gasteiger partial charge in [0.05, 0.1) is 22.5 Å². The molecule has 1 aliphatic heterocycles. The van der Waals surface area contributed by atoms with Crippen molar-refractivity contribution in [3.05, 3.63) is 65.7 Å². The van der Waals surface area contributed by atoms with Crippen molar-refractivity contribution in [2.45, 2.75) is 6.42 Å². The number of hydrogen-bond donors (Lipinski definition) is 0. The van der Waals surface area contributed by atoms with Gasteiger partial charge in [0.15, 0.2) is 0 Å². The zero-order valence-electron chi connectivity index (χ0n) is 13.8. The molecule has 2 aromatic rings. The Kier molecular flexibility index (Phi) is 3.44. The van der Waals surface area contributed by atoms with Crippen LogP contribution in [0.4, 0.5) is 5.69 Å². The summed E-state index contributed by atoms with van der Waals surface area (Å²) in [7, 11) is 0. The molecule has 1 saturated heterocycles. The molecule has 130 valence electrons. The van der Waals surface area contributed by atoms with Crippen LogP contribution >= 0.6 is 11.6 Å². The Morgan fingerprint density at radius 1 is 0.885 bits per heavy atom. The minimum Gasteiger partial charge on any atom is -0.456 e. The second-order valence-corrected chi connectivity index (χ2v) is 7.45. The van der Waals surface area contributed by atoms with Crippen LogP contribution in [-0.4, -0.2) is 11.8 Å². The topological polar surface area (TPSA) is 46.6 Å². The molecule has 0 radical (unpaired) electrons. The summed E-state index contributed by atoms with van der Waals surface area (Å²) in [6.07, 6.45) is 5.13. The number of nitrogens with zero attached hydrogens (tertiary/aromatic N) is 1. The highest BCUT2D eigenvalue weighted by Crippen LogP contribution is 2.53. The zero-order valence-corrected chi connectivity index (χ0v) is 14.6. The maximum atomic E-state index is 12.8. The third kappa shape index (κ3) is 2.22. The maximum Gasteiger partial charge on any atom is 0.238 e. The first-order chi connectivity index (χ1) is 12.6. The second kappa shape index (κ2) is 5.71. The van der Waals surface area contributed by atoms with Gasteiger partial charge in [-0.1, -0.05) is 35.9 Å². The summed E-state index contributed by atoms with van der Waals surface area (Å²) in [4.78, 5) is 27.0. The van der Waals surface area contributed by atoms with E-state index in [0.29, 0.717) is 22.2 Å². The number of hydrogen-bond acceptors (Lipinski definition) is 3. The van der Waals surface area contributed by atoms with Crippen molar-refractivity contribution in [1.29, 1.82) is 0 Å². The first-order valence-electron chi connectivity index (χ1n) is 8.72. The van der Waals surface area contributed by atoms with Crippen LogP contribution < -0.4 is 9.64 Å². The fraction of sp³-hybridized carbons (Fsp3) is 0.238. The average molecular weight is 366 g/mol. The number of imide groups is 1. The number of para-hydroxylation sites is 1. The van der Waals surface area contributed by atoms with Crippen molar-refractivity contribution >= 4 is 29.1 Å². The van der Waals surface area contributed by atoms with Gasteiger partial charge < -0.3 is 4.74 Å². The molecule has 5 heteroatoms. The Labute approximate surface area is 156 Å². The van der Waals surface area contributed by atoms with Crippen molar-refractivity contribution in [1.82, 2.24) is 0 Å². The van der Waals surface area contributed by atoms with E-state index in [-0.39, 0.29) is 35.5 Å². The number of fused-ring (bicyclic) bond motifs is 5. The lowest BCUT2D eigenvalue weighted by atomic mass is 9.85. The van der Waals surface area contributed by atoms with E-state index < -0.39 is 0 Å². The summed E-state index contributed by atoms with van der Waals surface area (Å²) >= 11 is 6.11. The summed E-state index contributed by atoms with van der Waals surface area (Å²) in [5, 5.41) is 0.525. The van der Waals surface area contributed by atoms with E-state index in [1.54, 1.807) is 36.4 Å². The van der Waals surface area contributed by atoms with Crippen LogP contribution in [0.15, 0.2) is 60.7 Å². The third-order valence-corrected chi connectivity index (χ3v) is 5.94. The van der Waals surface area contributed by atoms with Crippen LogP contribution in [0.25, 0.3) is 0 Å². The van der Waals surface area contributed by atoms with Gasteiger partial charge in [-0.05, 0) is 54.7 Å². The Morgan fingerprint density at radius 3 is 2.12 bits per heavy atom. The number of benzene rings is 2. The molecule has 2 amide bonds. The molecule has 1 saturated carbocycles. The van der Waals surface area contributed by atoms with Crippen LogP contribution in [0, 0.1) is 23.7 Å². The van der Waals surface area contributed by atoms with Crippen LogP contribution in [0.3, 0.4) is 0 Å². The molecule has 5 rings (SSSR count). The smallest absolute Gasteiger partial charge is 0.238 e.